The monoisotopic (exact) mass is 1130 g/mol. The quantitative estimate of drug-likeness (QED) is 0.0228. The topological polar surface area (TPSA) is 175 Å². The lowest BCUT2D eigenvalue weighted by Crippen LogP contribution is -2.61. The van der Waals surface area contributed by atoms with E-state index in [9.17, 15) is 34.5 Å². The van der Waals surface area contributed by atoms with E-state index in [0.29, 0.717) is 25.7 Å². The summed E-state index contributed by atoms with van der Waals surface area (Å²) < 4.78 is 28.3. The number of carbonyl (C=O) groups is 4. The molecular formula is C69H108O12. The Labute approximate surface area is 490 Å². The normalized spacial score (nSPS) is 18.7. The van der Waals surface area contributed by atoms with Crippen molar-refractivity contribution in [2.24, 2.45) is 0 Å². The maximum atomic E-state index is 13.2. The zero-order chi connectivity index (χ0) is 58.9. The molecule has 0 aromatic rings. The van der Waals surface area contributed by atoms with Crippen molar-refractivity contribution in [2.75, 3.05) is 13.2 Å². The summed E-state index contributed by atoms with van der Waals surface area (Å²) in [6.07, 6.45) is 65.9. The highest BCUT2D eigenvalue weighted by Gasteiger charge is 2.50. The van der Waals surface area contributed by atoms with E-state index in [1.807, 2.05) is 30.4 Å². The third-order valence-corrected chi connectivity index (χ3v) is 13.2. The second-order valence-electron chi connectivity index (χ2n) is 20.6. The Morgan fingerprint density at radius 2 is 0.802 bits per heavy atom. The molecule has 0 aromatic heterocycles. The van der Waals surface area contributed by atoms with Crippen LogP contribution >= 0.6 is 0 Å². The minimum atomic E-state index is -1.94. The summed E-state index contributed by atoms with van der Waals surface area (Å²) in [7, 11) is 0. The Balaban J connectivity index is 2.75. The second-order valence-corrected chi connectivity index (χ2v) is 20.6. The van der Waals surface area contributed by atoms with Crippen LogP contribution in [0.25, 0.3) is 0 Å². The molecule has 81 heavy (non-hydrogen) atoms. The number of ether oxygens (including phenoxy) is 5. The van der Waals surface area contributed by atoms with Gasteiger partial charge in [0.1, 0.15) is 18.8 Å². The number of aliphatic hydroxyl groups is 2. The molecule has 1 saturated heterocycles. The van der Waals surface area contributed by atoms with E-state index >= 15 is 0 Å². The lowest BCUT2D eigenvalue weighted by molar-refractivity contribution is -0.301. The number of aliphatic carboxylic acids is 1. The summed E-state index contributed by atoms with van der Waals surface area (Å²) in [6.45, 7) is 5.66. The molecule has 12 heteroatoms. The highest BCUT2D eigenvalue weighted by atomic mass is 16.7. The van der Waals surface area contributed by atoms with Crippen LogP contribution in [-0.2, 0) is 42.9 Å². The van der Waals surface area contributed by atoms with Gasteiger partial charge in [0.15, 0.2) is 24.6 Å². The molecule has 0 saturated carbocycles. The highest BCUT2D eigenvalue weighted by Crippen LogP contribution is 2.26. The van der Waals surface area contributed by atoms with Crippen LogP contribution in [0.2, 0.25) is 0 Å². The van der Waals surface area contributed by atoms with Gasteiger partial charge in [0.2, 0.25) is 0 Å². The SMILES string of the molecule is CC/C=C\C/C=C\C/C=C\C/C=C\C/C=C\C/C=C\CCC(=O)OCC(COC1OC(C(=O)O)C(O)C(O)C1OC(=O)CC/C=C\C/C=C\C/C=C\C/C=C\CC)OC(=O)CCCCCCCCCCC/C=C\CCCCCCCC. The number of hydrogen-bond donors (Lipinski definition) is 3. The zero-order valence-corrected chi connectivity index (χ0v) is 50.2. The van der Waals surface area contributed by atoms with Gasteiger partial charge in [-0.2, -0.15) is 0 Å². The first-order valence-electron chi connectivity index (χ1n) is 31.2. The summed E-state index contributed by atoms with van der Waals surface area (Å²) in [5.74, 6) is -3.35. The summed E-state index contributed by atoms with van der Waals surface area (Å²) in [5.41, 5.74) is 0. The predicted octanol–water partition coefficient (Wildman–Crippen LogP) is 16.6. The number of esters is 3. The van der Waals surface area contributed by atoms with Crippen LogP contribution in [0.5, 0.6) is 0 Å². The third kappa shape index (κ3) is 45.1. The summed E-state index contributed by atoms with van der Waals surface area (Å²) >= 11 is 0. The molecule has 0 bridgehead atoms. The standard InChI is InChI=1S/C69H108O12/c1-4-7-10-13-16-19-22-25-27-29-31-33-35-38-40-43-46-49-52-55-61(70)77-58-60(79-62(71)56-53-50-47-44-42-39-36-34-32-30-28-26-23-20-17-14-11-8-5-2)59-78-69-67(65(74)64(73)66(81-69)68(75)76)80-63(72)57-54-51-48-45-41-37-24-21-18-15-12-9-6-3/h7,9-10,12,16,18-19,21,25-28,31,33,37-38,40-41,46,48-49,51,60,64-67,69,73-74H,4-6,8,11,13-15,17,20,22-24,29-30,32,34-36,39,42-45,47,50,52-59H2,1-3H3,(H,75,76)/b10-7-,12-9-,19-16-,21-18-,27-25-,28-26-,33-31-,40-38-,41-37-,49-46-,51-48-. The van der Waals surface area contributed by atoms with Gasteiger partial charge in [-0.3, -0.25) is 14.4 Å². The van der Waals surface area contributed by atoms with Gasteiger partial charge >= 0.3 is 23.9 Å². The molecule has 0 spiro atoms. The molecule has 1 heterocycles. The molecule has 6 atom stereocenters. The molecule has 456 valence electrons. The highest BCUT2D eigenvalue weighted by molar-refractivity contribution is 5.74. The van der Waals surface area contributed by atoms with E-state index in [2.05, 4.69) is 124 Å². The van der Waals surface area contributed by atoms with Crippen molar-refractivity contribution in [3.63, 3.8) is 0 Å². The van der Waals surface area contributed by atoms with Crippen LogP contribution in [0, 0.1) is 0 Å². The van der Waals surface area contributed by atoms with E-state index in [0.717, 1.165) is 89.9 Å². The van der Waals surface area contributed by atoms with Gasteiger partial charge in [-0.05, 0) is 109 Å². The smallest absolute Gasteiger partial charge is 0.335 e. The first-order chi connectivity index (χ1) is 39.6. The van der Waals surface area contributed by atoms with Crippen molar-refractivity contribution < 1.29 is 58.2 Å². The fourth-order valence-electron chi connectivity index (χ4n) is 8.52. The van der Waals surface area contributed by atoms with E-state index < -0.39 is 67.3 Å². The van der Waals surface area contributed by atoms with Crippen molar-refractivity contribution in [1.29, 1.82) is 0 Å². The van der Waals surface area contributed by atoms with Gasteiger partial charge in [-0.1, -0.05) is 231 Å². The Kier molecular flexibility index (Phi) is 50.5. The fraction of sp³-hybridized carbons (Fsp3) is 0.623. The van der Waals surface area contributed by atoms with Crippen LogP contribution in [0.1, 0.15) is 226 Å². The number of unbranched alkanes of at least 4 members (excludes halogenated alkanes) is 15. The molecule has 1 aliphatic heterocycles. The average molecular weight is 1130 g/mol. The molecule has 12 nitrogen and oxygen atoms in total. The molecule has 0 amide bonds. The summed E-state index contributed by atoms with van der Waals surface area (Å²) in [5, 5.41) is 31.5. The van der Waals surface area contributed by atoms with E-state index in [1.54, 1.807) is 0 Å². The van der Waals surface area contributed by atoms with Crippen LogP contribution in [0.3, 0.4) is 0 Å². The molecular weight excluding hydrogens is 1020 g/mol. The molecule has 1 fully saturated rings. The van der Waals surface area contributed by atoms with Gasteiger partial charge in [-0.15, -0.1) is 0 Å². The zero-order valence-electron chi connectivity index (χ0n) is 50.2. The number of aliphatic hydroxyl groups excluding tert-OH is 2. The Morgan fingerprint density at radius 3 is 1.23 bits per heavy atom. The maximum absolute atomic E-state index is 13.2. The van der Waals surface area contributed by atoms with Crippen LogP contribution in [-0.4, -0.2) is 89.2 Å². The van der Waals surface area contributed by atoms with Crippen molar-refractivity contribution in [3.8, 4) is 0 Å². The number of allylic oxidation sites excluding steroid dienone is 22. The van der Waals surface area contributed by atoms with E-state index in [4.69, 9.17) is 23.7 Å². The lowest BCUT2D eigenvalue weighted by atomic mass is 9.98. The summed E-state index contributed by atoms with van der Waals surface area (Å²) in [4.78, 5) is 51.2. The number of hydrogen-bond acceptors (Lipinski definition) is 11. The minimum absolute atomic E-state index is 0.0745. The predicted molar refractivity (Wildman–Crippen MR) is 330 cm³/mol. The molecule has 0 aliphatic carbocycles. The Bertz CT molecular complexity index is 1920. The fourth-order valence-corrected chi connectivity index (χ4v) is 8.52. The molecule has 1 rings (SSSR count). The molecule has 3 N–H and O–H groups in total. The van der Waals surface area contributed by atoms with E-state index in [-0.39, 0.29) is 25.9 Å². The Hall–Kier alpha value is -5.14. The number of carboxylic acid groups (broad SMARTS) is 1. The number of carboxylic acids is 1. The van der Waals surface area contributed by atoms with Crippen LogP contribution in [0.15, 0.2) is 134 Å². The molecule has 1 aliphatic rings. The largest absolute Gasteiger partial charge is 0.479 e. The van der Waals surface area contributed by atoms with Crippen molar-refractivity contribution >= 4 is 23.9 Å². The summed E-state index contributed by atoms with van der Waals surface area (Å²) in [6, 6.07) is 0. The van der Waals surface area contributed by atoms with Crippen LogP contribution in [0.4, 0.5) is 0 Å². The van der Waals surface area contributed by atoms with Gasteiger partial charge in [0.25, 0.3) is 0 Å². The number of rotatable bonds is 51. The maximum Gasteiger partial charge on any atom is 0.335 e. The van der Waals surface area contributed by atoms with Gasteiger partial charge in [-0.25, -0.2) is 4.79 Å². The Morgan fingerprint density at radius 1 is 0.420 bits per heavy atom. The molecule has 6 unspecified atom stereocenters. The van der Waals surface area contributed by atoms with Gasteiger partial charge in [0.05, 0.1) is 6.61 Å². The first-order valence-corrected chi connectivity index (χ1v) is 31.2. The molecule has 0 radical (unpaired) electrons. The van der Waals surface area contributed by atoms with Crippen molar-refractivity contribution in [3.05, 3.63) is 134 Å². The lowest BCUT2D eigenvalue weighted by Gasteiger charge is -2.40. The first kappa shape index (κ1) is 73.9. The average Bonchev–Trinajstić information content (AvgIpc) is 3.46. The van der Waals surface area contributed by atoms with Gasteiger partial charge in [0, 0.05) is 19.3 Å². The molecule has 0 aromatic carbocycles. The van der Waals surface area contributed by atoms with Crippen molar-refractivity contribution in [2.45, 2.75) is 263 Å². The van der Waals surface area contributed by atoms with E-state index in [1.165, 1.54) is 70.6 Å². The van der Waals surface area contributed by atoms with Gasteiger partial charge < -0.3 is 39.0 Å². The number of carbonyl (C=O) groups excluding carboxylic acids is 3. The third-order valence-electron chi connectivity index (χ3n) is 13.2. The minimum Gasteiger partial charge on any atom is -0.479 e. The van der Waals surface area contributed by atoms with Crippen molar-refractivity contribution in [1.82, 2.24) is 0 Å². The second kappa shape index (κ2) is 55.4. The van der Waals surface area contributed by atoms with Crippen LogP contribution < -0.4 is 0 Å².